The van der Waals surface area contributed by atoms with Gasteiger partial charge in [0.05, 0.1) is 6.54 Å². The lowest BCUT2D eigenvalue weighted by atomic mass is 10.1. The van der Waals surface area contributed by atoms with Gasteiger partial charge in [0.25, 0.3) is 0 Å². The van der Waals surface area contributed by atoms with E-state index < -0.39 is 0 Å². The van der Waals surface area contributed by atoms with Crippen molar-refractivity contribution < 1.29 is 9.59 Å². The molecule has 0 aromatic carbocycles. The number of hydrogen-bond donors (Lipinski definition) is 1. The Morgan fingerprint density at radius 3 is 2.38 bits per heavy atom. The molecule has 1 saturated heterocycles. The molecule has 0 aliphatic carbocycles. The zero-order valence-corrected chi connectivity index (χ0v) is 4.44. The van der Waals surface area contributed by atoms with Crippen LogP contribution in [0.25, 0.3) is 0 Å². The molecule has 0 spiro atoms. The first-order valence-corrected chi connectivity index (χ1v) is 2.57. The monoisotopic (exact) mass is 113 g/mol. The van der Waals surface area contributed by atoms with Crippen LogP contribution in [0, 0.1) is 0 Å². The van der Waals surface area contributed by atoms with Gasteiger partial charge in [0.15, 0.2) is 0 Å². The first-order valence-electron chi connectivity index (χ1n) is 2.57. The highest BCUT2D eigenvalue weighted by molar-refractivity contribution is 6.38. The Morgan fingerprint density at radius 2 is 2.00 bits per heavy atom. The standard InChI is InChI=1S/C5H7NO2/c7-4-1-2-6-3-5(4)8/h6H,1-3H2. The van der Waals surface area contributed by atoms with Gasteiger partial charge < -0.3 is 5.32 Å². The molecule has 0 aromatic heterocycles. The molecule has 1 aliphatic rings. The molecule has 1 rings (SSSR count). The second-order valence-corrected chi connectivity index (χ2v) is 1.77. The van der Waals surface area contributed by atoms with Gasteiger partial charge in [-0.25, -0.2) is 0 Å². The summed E-state index contributed by atoms with van der Waals surface area (Å²) in [6.07, 6.45) is 0.374. The van der Waals surface area contributed by atoms with E-state index in [0.717, 1.165) is 0 Å². The van der Waals surface area contributed by atoms with Gasteiger partial charge in [-0.3, -0.25) is 9.59 Å². The van der Waals surface area contributed by atoms with Crippen molar-refractivity contribution in [2.75, 3.05) is 13.1 Å². The molecule has 8 heavy (non-hydrogen) atoms. The highest BCUT2D eigenvalue weighted by Crippen LogP contribution is 1.88. The van der Waals surface area contributed by atoms with Crippen molar-refractivity contribution >= 4 is 11.6 Å². The van der Waals surface area contributed by atoms with Crippen molar-refractivity contribution in [2.45, 2.75) is 6.42 Å². The maximum absolute atomic E-state index is 10.4. The number of carbonyl (C=O) groups excluding carboxylic acids is 2. The summed E-state index contributed by atoms with van der Waals surface area (Å²) in [4.78, 5) is 20.8. The minimum absolute atomic E-state index is 0.233. The van der Waals surface area contributed by atoms with Crippen LogP contribution in [0.15, 0.2) is 0 Å². The third-order valence-electron chi connectivity index (χ3n) is 1.13. The molecular weight excluding hydrogens is 106 g/mol. The van der Waals surface area contributed by atoms with E-state index in [1.165, 1.54) is 0 Å². The lowest BCUT2D eigenvalue weighted by molar-refractivity contribution is -0.137. The van der Waals surface area contributed by atoms with Gasteiger partial charge in [0.1, 0.15) is 0 Å². The molecule has 0 saturated carbocycles. The summed E-state index contributed by atoms with van der Waals surface area (Å²) in [7, 11) is 0. The van der Waals surface area contributed by atoms with Gasteiger partial charge in [0, 0.05) is 13.0 Å². The minimum atomic E-state index is -0.281. The van der Waals surface area contributed by atoms with Crippen molar-refractivity contribution in [2.24, 2.45) is 0 Å². The average Bonchev–Trinajstić information content (AvgIpc) is 1.77. The van der Waals surface area contributed by atoms with Crippen LogP contribution in [0.2, 0.25) is 0 Å². The zero-order chi connectivity index (χ0) is 5.98. The Bertz CT molecular complexity index is 114. The molecule has 0 unspecified atom stereocenters. The lowest BCUT2D eigenvalue weighted by Crippen LogP contribution is -2.36. The molecule has 1 aliphatic heterocycles. The number of hydrogen-bond acceptors (Lipinski definition) is 3. The Kier molecular flexibility index (Phi) is 1.39. The number of ketones is 2. The Balaban J connectivity index is 2.52. The Morgan fingerprint density at radius 1 is 1.25 bits per heavy atom. The molecule has 0 bridgehead atoms. The fraction of sp³-hybridized carbons (Fsp3) is 0.600. The lowest BCUT2D eigenvalue weighted by Gasteiger charge is -2.07. The van der Waals surface area contributed by atoms with Gasteiger partial charge in [-0.2, -0.15) is 0 Å². The maximum atomic E-state index is 10.4. The molecule has 0 amide bonds. The van der Waals surface area contributed by atoms with Crippen molar-refractivity contribution in [3.63, 3.8) is 0 Å². The van der Waals surface area contributed by atoms with E-state index in [1.807, 2.05) is 0 Å². The van der Waals surface area contributed by atoms with Crippen LogP contribution in [0.4, 0.5) is 0 Å². The topological polar surface area (TPSA) is 46.2 Å². The molecule has 0 aromatic rings. The first kappa shape index (κ1) is 5.44. The number of nitrogens with one attached hydrogen (secondary N) is 1. The van der Waals surface area contributed by atoms with E-state index in [0.29, 0.717) is 13.0 Å². The third-order valence-corrected chi connectivity index (χ3v) is 1.13. The van der Waals surface area contributed by atoms with Gasteiger partial charge in [0.2, 0.25) is 11.6 Å². The third kappa shape index (κ3) is 0.924. The number of piperidine rings is 1. The fourth-order valence-corrected chi connectivity index (χ4v) is 0.642. The zero-order valence-electron chi connectivity index (χ0n) is 4.44. The van der Waals surface area contributed by atoms with Crippen LogP contribution < -0.4 is 5.32 Å². The smallest absolute Gasteiger partial charge is 0.212 e. The van der Waals surface area contributed by atoms with E-state index in [1.54, 1.807) is 0 Å². The van der Waals surface area contributed by atoms with Crippen LogP contribution in [0.5, 0.6) is 0 Å². The predicted octanol–water partition coefficient (Wildman–Crippen LogP) is -0.882. The average molecular weight is 113 g/mol. The maximum Gasteiger partial charge on any atom is 0.212 e. The SMILES string of the molecule is O=C1CCNCC1=O. The quantitative estimate of drug-likeness (QED) is 0.415. The minimum Gasteiger partial charge on any atom is -0.309 e. The Hall–Kier alpha value is -0.700. The molecule has 3 heteroatoms. The summed E-state index contributed by atoms with van der Waals surface area (Å²) < 4.78 is 0. The van der Waals surface area contributed by atoms with Gasteiger partial charge in [-0.1, -0.05) is 0 Å². The van der Waals surface area contributed by atoms with E-state index in [4.69, 9.17) is 0 Å². The van der Waals surface area contributed by atoms with E-state index in [-0.39, 0.29) is 18.1 Å². The summed E-state index contributed by atoms with van der Waals surface area (Å²) in [5, 5.41) is 2.79. The highest BCUT2D eigenvalue weighted by Gasteiger charge is 2.16. The van der Waals surface area contributed by atoms with Crippen LogP contribution in [0.3, 0.4) is 0 Å². The predicted molar refractivity (Wildman–Crippen MR) is 27.5 cm³/mol. The number of Topliss-reactive ketones (excluding diaryl/α,β-unsaturated/α-hetero) is 2. The summed E-state index contributed by atoms with van der Waals surface area (Å²) in [5.41, 5.74) is 0. The molecule has 1 heterocycles. The van der Waals surface area contributed by atoms with E-state index >= 15 is 0 Å². The van der Waals surface area contributed by atoms with Crippen molar-refractivity contribution in [1.82, 2.24) is 5.32 Å². The Labute approximate surface area is 47.1 Å². The first-order chi connectivity index (χ1) is 3.80. The number of rotatable bonds is 0. The summed E-state index contributed by atoms with van der Waals surface area (Å²) in [6, 6.07) is 0. The highest BCUT2D eigenvalue weighted by atomic mass is 16.2. The van der Waals surface area contributed by atoms with Crippen LogP contribution in [-0.2, 0) is 9.59 Å². The van der Waals surface area contributed by atoms with Crippen LogP contribution in [-0.4, -0.2) is 24.7 Å². The van der Waals surface area contributed by atoms with E-state index in [2.05, 4.69) is 5.32 Å². The molecular formula is C5H7NO2. The number of carbonyl (C=O) groups is 2. The molecule has 0 radical (unpaired) electrons. The fourth-order valence-electron chi connectivity index (χ4n) is 0.642. The summed E-state index contributed by atoms with van der Waals surface area (Å²) in [6.45, 7) is 0.892. The van der Waals surface area contributed by atoms with Crippen LogP contribution in [0.1, 0.15) is 6.42 Å². The van der Waals surface area contributed by atoms with Crippen LogP contribution >= 0.6 is 0 Å². The molecule has 1 N–H and O–H groups in total. The molecule has 0 atom stereocenters. The summed E-state index contributed by atoms with van der Waals surface area (Å²) in [5.74, 6) is -0.514. The van der Waals surface area contributed by atoms with Crippen molar-refractivity contribution in [3.8, 4) is 0 Å². The van der Waals surface area contributed by atoms with Gasteiger partial charge >= 0.3 is 0 Å². The summed E-state index contributed by atoms with van der Waals surface area (Å²) >= 11 is 0. The van der Waals surface area contributed by atoms with Gasteiger partial charge in [-0.05, 0) is 0 Å². The van der Waals surface area contributed by atoms with E-state index in [9.17, 15) is 9.59 Å². The second-order valence-electron chi connectivity index (χ2n) is 1.77. The second kappa shape index (κ2) is 2.05. The molecule has 44 valence electrons. The van der Waals surface area contributed by atoms with Gasteiger partial charge in [-0.15, -0.1) is 0 Å². The molecule has 3 nitrogen and oxygen atoms in total. The van der Waals surface area contributed by atoms with Crippen molar-refractivity contribution in [1.29, 1.82) is 0 Å². The molecule has 1 fully saturated rings. The van der Waals surface area contributed by atoms with Crippen molar-refractivity contribution in [3.05, 3.63) is 0 Å². The normalized spacial score (nSPS) is 21.5. The largest absolute Gasteiger partial charge is 0.309 e.